The van der Waals surface area contributed by atoms with Crippen molar-refractivity contribution in [3.63, 3.8) is 0 Å². The van der Waals surface area contributed by atoms with Crippen LogP contribution in [0.15, 0.2) is 24.3 Å². The van der Waals surface area contributed by atoms with Crippen LogP contribution in [0.1, 0.15) is 51.7 Å². The van der Waals surface area contributed by atoms with Gasteiger partial charge in [0.2, 0.25) is 0 Å². The number of fused-ring (bicyclic) bond motifs is 1. The van der Waals surface area contributed by atoms with Crippen molar-refractivity contribution in [1.29, 1.82) is 0 Å². The minimum Gasteiger partial charge on any atom is -0.444 e. The summed E-state index contributed by atoms with van der Waals surface area (Å²) < 4.78 is 5.59. The van der Waals surface area contributed by atoms with Gasteiger partial charge in [-0.05, 0) is 70.0 Å². The Morgan fingerprint density at radius 2 is 1.88 bits per heavy atom. The third-order valence-corrected chi connectivity index (χ3v) is 5.21. The molecule has 0 bridgehead atoms. The quantitative estimate of drug-likeness (QED) is 0.904. The maximum atomic E-state index is 12.5. The highest BCUT2D eigenvalue weighted by Crippen LogP contribution is 2.27. The highest BCUT2D eigenvalue weighted by atomic mass is 16.6. The number of nitrogens with one attached hydrogen (secondary N) is 1. The summed E-state index contributed by atoms with van der Waals surface area (Å²) in [6.07, 6.45) is 4.15. The minimum absolute atomic E-state index is 0.157. The van der Waals surface area contributed by atoms with E-state index in [-0.39, 0.29) is 6.09 Å². The molecule has 0 radical (unpaired) electrons. The Labute approximate surface area is 151 Å². The van der Waals surface area contributed by atoms with Crippen LogP contribution in [0, 0.1) is 5.92 Å². The fraction of sp³-hybridized carbons (Fsp3) is 0.667. The number of amides is 1. The SMILES string of the molecule is CC1CC(CCNC2Cc3ccccc3C2)N(C(=O)OC(C)(C)C)C1. The predicted molar refractivity (Wildman–Crippen MR) is 101 cm³/mol. The van der Waals surface area contributed by atoms with Gasteiger partial charge in [-0.2, -0.15) is 0 Å². The molecule has 4 heteroatoms. The zero-order valence-corrected chi connectivity index (χ0v) is 16.0. The largest absolute Gasteiger partial charge is 0.444 e. The van der Waals surface area contributed by atoms with Crippen LogP contribution in [0.3, 0.4) is 0 Å². The highest BCUT2D eigenvalue weighted by molar-refractivity contribution is 5.69. The van der Waals surface area contributed by atoms with E-state index in [2.05, 4.69) is 36.5 Å². The van der Waals surface area contributed by atoms with Gasteiger partial charge in [0.1, 0.15) is 5.60 Å². The number of rotatable bonds is 4. The number of carbonyl (C=O) groups excluding carboxylic acids is 1. The molecule has 1 aromatic carbocycles. The van der Waals surface area contributed by atoms with Gasteiger partial charge in [0.25, 0.3) is 0 Å². The number of nitrogens with zero attached hydrogens (tertiary/aromatic N) is 1. The number of likely N-dealkylation sites (tertiary alicyclic amines) is 1. The monoisotopic (exact) mass is 344 g/mol. The molecular formula is C21H32N2O2. The van der Waals surface area contributed by atoms with Gasteiger partial charge in [-0.15, -0.1) is 0 Å². The van der Waals surface area contributed by atoms with Crippen LogP contribution in [0.4, 0.5) is 4.79 Å². The van der Waals surface area contributed by atoms with E-state index >= 15 is 0 Å². The topological polar surface area (TPSA) is 41.6 Å². The van der Waals surface area contributed by atoms with E-state index in [1.807, 2.05) is 25.7 Å². The Hall–Kier alpha value is -1.55. The Balaban J connectivity index is 1.48. The molecule has 1 aliphatic carbocycles. The molecule has 3 rings (SSSR count). The van der Waals surface area contributed by atoms with Crippen molar-refractivity contribution in [2.24, 2.45) is 5.92 Å². The van der Waals surface area contributed by atoms with Crippen LogP contribution in [0.25, 0.3) is 0 Å². The van der Waals surface area contributed by atoms with Crippen LogP contribution in [-0.4, -0.2) is 41.8 Å². The number of hydrogen-bond donors (Lipinski definition) is 1. The molecule has 2 unspecified atom stereocenters. The predicted octanol–water partition coefficient (Wildman–Crippen LogP) is 3.78. The summed E-state index contributed by atoms with van der Waals surface area (Å²) in [4.78, 5) is 14.4. The summed E-state index contributed by atoms with van der Waals surface area (Å²) in [5.41, 5.74) is 2.52. The number of carbonyl (C=O) groups is 1. The second-order valence-electron chi connectivity index (χ2n) is 8.74. The smallest absolute Gasteiger partial charge is 0.410 e. The Bertz CT molecular complexity index is 583. The lowest BCUT2D eigenvalue weighted by Gasteiger charge is -2.29. The molecule has 1 saturated heterocycles. The molecule has 1 amide bonds. The molecule has 0 saturated carbocycles. The second-order valence-corrected chi connectivity index (χ2v) is 8.74. The maximum Gasteiger partial charge on any atom is 0.410 e. The summed E-state index contributed by atoms with van der Waals surface area (Å²) >= 11 is 0. The molecule has 25 heavy (non-hydrogen) atoms. The van der Waals surface area contributed by atoms with Gasteiger partial charge in [-0.3, -0.25) is 0 Å². The van der Waals surface area contributed by atoms with Crippen molar-refractivity contribution in [3.05, 3.63) is 35.4 Å². The summed E-state index contributed by atoms with van der Waals surface area (Å²) in [5, 5.41) is 3.70. The molecule has 1 aromatic rings. The van der Waals surface area contributed by atoms with Crippen molar-refractivity contribution in [3.8, 4) is 0 Å². The summed E-state index contributed by atoms with van der Waals surface area (Å²) in [5.74, 6) is 0.549. The summed E-state index contributed by atoms with van der Waals surface area (Å²) in [7, 11) is 0. The molecular weight excluding hydrogens is 312 g/mol. The van der Waals surface area contributed by atoms with Gasteiger partial charge in [0.15, 0.2) is 0 Å². The van der Waals surface area contributed by atoms with Gasteiger partial charge >= 0.3 is 6.09 Å². The second kappa shape index (κ2) is 7.36. The molecule has 1 heterocycles. The Morgan fingerprint density at radius 1 is 1.24 bits per heavy atom. The summed E-state index contributed by atoms with van der Waals surface area (Å²) in [6, 6.07) is 9.55. The third kappa shape index (κ3) is 4.75. The Morgan fingerprint density at radius 3 is 2.48 bits per heavy atom. The molecule has 2 atom stereocenters. The van der Waals surface area contributed by atoms with Gasteiger partial charge in [0, 0.05) is 18.6 Å². The molecule has 2 aliphatic rings. The summed E-state index contributed by atoms with van der Waals surface area (Å²) in [6.45, 7) is 9.78. The zero-order valence-electron chi connectivity index (χ0n) is 16.0. The van der Waals surface area contributed by atoms with E-state index in [0.29, 0.717) is 18.0 Å². The van der Waals surface area contributed by atoms with Crippen molar-refractivity contribution < 1.29 is 9.53 Å². The first-order valence-electron chi connectivity index (χ1n) is 9.61. The molecule has 0 spiro atoms. The van der Waals surface area contributed by atoms with E-state index in [1.165, 1.54) is 11.1 Å². The lowest BCUT2D eigenvalue weighted by molar-refractivity contribution is 0.0216. The van der Waals surface area contributed by atoms with Gasteiger partial charge in [-0.1, -0.05) is 31.2 Å². The third-order valence-electron chi connectivity index (χ3n) is 5.21. The number of ether oxygens (including phenoxy) is 1. The van der Waals surface area contributed by atoms with Gasteiger partial charge in [-0.25, -0.2) is 4.79 Å². The Kier molecular flexibility index (Phi) is 5.38. The molecule has 4 nitrogen and oxygen atoms in total. The maximum absolute atomic E-state index is 12.5. The minimum atomic E-state index is -0.429. The number of benzene rings is 1. The average molecular weight is 344 g/mol. The number of hydrogen-bond acceptors (Lipinski definition) is 3. The van der Waals surface area contributed by atoms with Crippen LogP contribution in [0.5, 0.6) is 0 Å². The lowest BCUT2D eigenvalue weighted by atomic mass is 10.1. The van der Waals surface area contributed by atoms with Crippen molar-refractivity contribution in [2.75, 3.05) is 13.1 Å². The van der Waals surface area contributed by atoms with Gasteiger partial charge in [0.05, 0.1) is 0 Å². The average Bonchev–Trinajstić information content (AvgIpc) is 3.08. The molecule has 1 aliphatic heterocycles. The van der Waals surface area contributed by atoms with Crippen molar-refractivity contribution >= 4 is 6.09 Å². The van der Waals surface area contributed by atoms with Crippen LogP contribution >= 0.6 is 0 Å². The first-order chi connectivity index (χ1) is 11.8. The highest BCUT2D eigenvalue weighted by Gasteiger charge is 2.35. The molecule has 1 N–H and O–H groups in total. The standard InChI is InChI=1S/C21H32N2O2/c1-15-11-19(23(14-15)20(24)25-21(2,3)4)9-10-22-18-12-16-7-5-6-8-17(16)13-18/h5-8,15,18-19,22H,9-14H2,1-4H3. The van der Waals surface area contributed by atoms with E-state index in [4.69, 9.17) is 4.74 Å². The first kappa shape index (κ1) is 18.2. The van der Waals surface area contributed by atoms with E-state index < -0.39 is 5.60 Å². The molecule has 138 valence electrons. The van der Waals surface area contributed by atoms with Crippen molar-refractivity contribution in [1.82, 2.24) is 10.2 Å². The van der Waals surface area contributed by atoms with E-state index in [1.54, 1.807) is 0 Å². The van der Waals surface area contributed by atoms with E-state index in [0.717, 1.165) is 38.8 Å². The molecule has 1 fully saturated rings. The fourth-order valence-corrected chi connectivity index (χ4v) is 4.13. The van der Waals surface area contributed by atoms with Crippen LogP contribution in [0.2, 0.25) is 0 Å². The van der Waals surface area contributed by atoms with E-state index in [9.17, 15) is 4.79 Å². The first-order valence-corrected chi connectivity index (χ1v) is 9.61. The van der Waals surface area contributed by atoms with Gasteiger partial charge < -0.3 is 15.0 Å². The fourth-order valence-electron chi connectivity index (χ4n) is 4.13. The normalized spacial score (nSPS) is 23.8. The van der Waals surface area contributed by atoms with Crippen LogP contribution < -0.4 is 5.32 Å². The van der Waals surface area contributed by atoms with Crippen LogP contribution in [-0.2, 0) is 17.6 Å². The molecule has 0 aromatic heterocycles. The van der Waals surface area contributed by atoms with Crippen molar-refractivity contribution in [2.45, 2.75) is 71.1 Å². The lowest BCUT2D eigenvalue weighted by Crippen LogP contribution is -2.41. The zero-order chi connectivity index (χ0) is 18.0.